The Morgan fingerprint density at radius 2 is 2.09 bits per heavy atom. The lowest BCUT2D eigenvalue weighted by Gasteiger charge is -2.34. The molecule has 2 aromatic rings. The molecule has 6 heteroatoms. The number of hydrogen-bond donors (Lipinski definition) is 0. The van der Waals surface area contributed by atoms with Crippen LogP contribution in [0.15, 0.2) is 18.6 Å². The van der Waals surface area contributed by atoms with Crippen molar-refractivity contribution >= 4 is 11.7 Å². The molecule has 1 amide bonds. The predicted molar refractivity (Wildman–Crippen MR) is 87.5 cm³/mol. The average molecular weight is 320 g/mol. The van der Waals surface area contributed by atoms with Gasteiger partial charge in [0.25, 0.3) is 0 Å². The molecule has 1 aliphatic heterocycles. The van der Waals surface area contributed by atoms with Gasteiger partial charge in [0.15, 0.2) is 5.65 Å². The quantitative estimate of drug-likeness (QED) is 0.810. The van der Waals surface area contributed by atoms with E-state index in [-0.39, 0.29) is 12.8 Å². The van der Waals surface area contributed by atoms with Crippen LogP contribution in [-0.2, 0) is 4.74 Å². The fraction of sp³-hybridized carbons (Fsp3) is 0.588. The minimum atomic E-state index is -2.20. The number of pyridine rings is 1. The maximum Gasteiger partial charge on any atom is 0.410 e. The second kappa shape index (κ2) is 5.83. The Balaban J connectivity index is 1.95. The third-order valence-electron chi connectivity index (χ3n) is 3.67. The number of nitrogens with zero attached hydrogens (tertiary/aromatic N) is 4. The van der Waals surface area contributed by atoms with Crippen molar-refractivity contribution in [2.75, 3.05) is 13.0 Å². The molecule has 0 saturated carbocycles. The lowest BCUT2D eigenvalue weighted by Crippen LogP contribution is -2.41. The van der Waals surface area contributed by atoms with Crippen LogP contribution in [0.1, 0.15) is 56.1 Å². The molecule has 0 unspecified atom stereocenters. The van der Waals surface area contributed by atoms with Crippen molar-refractivity contribution in [1.29, 1.82) is 0 Å². The van der Waals surface area contributed by atoms with Crippen LogP contribution in [0.25, 0.3) is 5.65 Å². The molecule has 1 saturated heterocycles. The van der Waals surface area contributed by atoms with E-state index in [9.17, 15) is 4.79 Å². The van der Waals surface area contributed by atoms with Gasteiger partial charge in [-0.15, -0.1) is 0 Å². The van der Waals surface area contributed by atoms with Crippen molar-refractivity contribution < 1.29 is 15.0 Å². The van der Waals surface area contributed by atoms with E-state index in [0.29, 0.717) is 10.5 Å². The van der Waals surface area contributed by atoms with Gasteiger partial charge in [0.05, 0.1) is 0 Å². The molecule has 1 fully saturated rings. The Labute approximate surface area is 142 Å². The second-order valence-corrected chi connectivity index (χ2v) is 6.71. The summed E-state index contributed by atoms with van der Waals surface area (Å²) in [5.41, 5.74) is 1.52. The first-order valence-corrected chi connectivity index (χ1v) is 7.63. The Bertz CT molecular complexity index is 857. The van der Waals surface area contributed by atoms with Gasteiger partial charge in [-0.25, -0.2) is 14.3 Å². The summed E-state index contributed by atoms with van der Waals surface area (Å²) in [6.45, 7) is 2.49. The highest BCUT2D eigenvalue weighted by Crippen LogP contribution is 2.31. The Hall–Kier alpha value is -2.11. The number of aryl methyl sites for hydroxylation is 1. The van der Waals surface area contributed by atoms with Crippen LogP contribution >= 0.6 is 0 Å². The molecule has 3 heterocycles. The topological polar surface area (TPSA) is 59.7 Å². The number of likely N-dealkylation sites (tertiary alicyclic amines) is 1. The number of ether oxygens (including phenoxy) is 1. The Morgan fingerprint density at radius 1 is 1.39 bits per heavy atom. The molecule has 0 N–H and O–H groups in total. The van der Waals surface area contributed by atoms with Crippen LogP contribution in [0, 0.1) is 6.92 Å². The number of carbonyl (C=O) groups is 1. The van der Waals surface area contributed by atoms with Crippen LogP contribution < -0.4 is 0 Å². The van der Waals surface area contributed by atoms with E-state index in [1.807, 2.05) is 13.0 Å². The number of rotatable bonds is 1. The number of hydrogen-bond acceptors (Lipinski definition) is 4. The molecule has 3 rings (SSSR count). The van der Waals surface area contributed by atoms with Gasteiger partial charge >= 0.3 is 6.09 Å². The van der Waals surface area contributed by atoms with Crippen molar-refractivity contribution in [3.63, 3.8) is 0 Å². The fourth-order valence-corrected chi connectivity index (χ4v) is 2.59. The van der Waals surface area contributed by atoms with E-state index in [4.69, 9.17) is 10.2 Å². The first-order valence-electron chi connectivity index (χ1n) is 9.63. The van der Waals surface area contributed by atoms with Crippen LogP contribution in [-0.4, -0.2) is 44.2 Å². The van der Waals surface area contributed by atoms with Crippen molar-refractivity contribution in [1.82, 2.24) is 19.5 Å². The zero-order valence-electron chi connectivity index (χ0n) is 17.8. The molecule has 124 valence electrons. The molecular formula is C17H24N4O2. The van der Waals surface area contributed by atoms with Gasteiger partial charge in [0, 0.05) is 24.7 Å². The number of piperidine rings is 1. The van der Waals surface area contributed by atoms with Gasteiger partial charge in [-0.2, -0.15) is 5.10 Å². The number of aromatic nitrogens is 3. The maximum absolute atomic E-state index is 12.5. The van der Waals surface area contributed by atoms with E-state index >= 15 is 0 Å². The Kier molecular flexibility index (Phi) is 2.90. The lowest BCUT2D eigenvalue weighted by atomic mass is 9.88. The summed E-state index contributed by atoms with van der Waals surface area (Å²) in [6, 6.07) is 1.84. The number of carbonyl (C=O) groups excluding carboxylic acids is 1. The predicted octanol–water partition coefficient (Wildman–Crippen LogP) is 3.15. The molecule has 0 radical (unpaired) electrons. The minimum Gasteiger partial charge on any atom is -0.444 e. The summed E-state index contributed by atoms with van der Waals surface area (Å²) in [5, 5.41) is 4.11. The molecule has 0 aliphatic carbocycles. The van der Waals surface area contributed by atoms with E-state index in [1.165, 1.54) is 6.33 Å². The van der Waals surface area contributed by atoms with Gasteiger partial charge in [-0.1, -0.05) is 0 Å². The van der Waals surface area contributed by atoms with Gasteiger partial charge in [-0.3, -0.25) is 0 Å². The summed E-state index contributed by atoms with van der Waals surface area (Å²) < 4.78 is 40.3. The first-order chi connectivity index (χ1) is 12.3. The number of amides is 1. The van der Waals surface area contributed by atoms with Crippen LogP contribution in [0.2, 0.25) is 0 Å². The molecule has 6 nitrogen and oxygen atoms in total. The molecule has 2 aromatic heterocycles. The van der Waals surface area contributed by atoms with E-state index in [1.54, 1.807) is 31.5 Å². The number of fused-ring (bicyclic) bond motifs is 1. The molecular weight excluding hydrogens is 292 g/mol. The van der Waals surface area contributed by atoms with Gasteiger partial charge < -0.3 is 9.64 Å². The smallest absolute Gasteiger partial charge is 0.410 e. The van der Waals surface area contributed by atoms with Crippen molar-refractivity contribution in [2.24, 2.45) is 0 Å². The average Bonchev–Trinajstić information content (AvgIpc) is 2.88. The largest absolute Gasteiger partial charge is 0.444 e. The van der Waals surface area contributed by atoms with Gasteiger partial charge in [0.1, 0.15) is 11.9 Å². The molecule has 1 aliphatic rings. The Morgan fingerprint density at radius 3 is 2.74 bits per heavy atom. The van der Waals surface area contributed by atoms with Gasteiger partial charge in [-0.05, 0) is 63.6 Å². The fourth-order valence-electron chi connectivity index (χ4n) is 2.59. The van der Waals surface area contributed by atoms with E-state index in [0.717, 1.165) is 11.1 Å². The van der Waals surface area contributed by atoms with Crippen LogP contribution in [0.5, 0.6) is 0 Å². The summed E-state index contributed by atoms with van der Waals surface area (Å²) in [6.07, 6.45) is 2.14. The highest BCUT2D eigenvalue weighted by molar-refractivity contribution is 5.68. The maximum atomic E-state index is 12.5. The molecule has 0 atom stereocenters. The van der Waals surface area contributed by atoms with Crippen molar-refractivity contribution in [2.45, 2.75) is 52.1 Å². The second-order valence-electron chi connectivity index (χ2n) is 6.71. The van der Waals surface area contributed by atoms with E-state index < -0.39 is 30.6 Å². The van der Waals surface area contributed by atoms with E-state index in [2.05, 4.69) is 10.1 Å². The summed E-state index contributed by atoms with van der Waals surface area (Å²) in [7, 11) is 0. The standard InChI is InChI=1S/C17H24N4O2/c1-12-9-15-18-11-19-21(15)10-14(12)13-5-7-20(8-6-13)16(22)23-17(2,3)4/h9-11,13H,5-8H2,1-4H3/i7D2,8D2. The summed E-state index contributed by atoms with van der Waals surface area (Å²) >= 11 is 0. The van der Waals surface area contributed by atoms with Crippen LogP contribution in [0.3, 0.4) is 0 Å². The molecule has 0 aromatic carbocycles. The SMILES string of the molecule is [2H]C1([2H])CC(c2cn3ncnc3cc2C)CC([2H])([2H])N1C(=O)OC(C)(C)C. The normalized spacial score (nSPS) is 23.7. The zero-order chi connectivity index (χ0) is 20.2. The summed E-state index contributed by atoms with van der Waals surface area (Å²) in [5.74, 6) is -0.415. The third kappa shape index (κ3) is 3.46. The highest BCUT2D eigenvalue weighted by Gasteiger charge is 2.28. The monoisotopic (exact) mass is 320 g/mol. The first kappa shape index (κ1) is 11.4. The highest BCUT2D eigenvalue weighted by atomic mass is 16.6. The van der Waals surface area contributed by atoms with Gasteiger partial charge in [0.2, 0.25) is 0 Å². The van der Waals surface area contributed by atoms with Crippen molar-refractivity contribution in [3.8, 4) is 0 Å². The lowest BCUT2D eigenvalue weighted by molar-refractivity contribution is 0.0204. The minimum absolute atomic E-state index is 0.0349. The van der Waals surface area contributed by atoms with Crippen LogP contribution in [0.4, 0.5) is 4.79 Å². The summed E-state index contributed by atoms with van der Waals surface area (Å²) in [4.78, 5) is 17.2. The molecule has 0 bridgehead atoms. The van der Waals surface area contributed by atoms with Crippen molar-refractivity contribution in [3.05, 3.63) is 29.7 Å². The zero-order valence-corrected chi connectivity index (χ0v) is 13.8. The molecule has 23 heavy (non-hydrogen) atoms. The molecule has 0 spiro atoms. The third-order valence-corrected chi connectivity index (χ3v) is 3.67.